The summed E-state index contributed by atoms with van der Waals surface area (Å²) in [5, 5.41) is 3.18. The molecule has 0 saturated carbocycles. The number of nitrogens with one attached hydrogen (secondary N) is 1. The molecular weight excluding hydrogens is 230 g/mol. The Bertz CT molecular complexity index is 405. The van der Waals surface area contributed by atoms with E-state index in [1.54, 1.807) is 25.1 Å². The Hall–Kier alpha value is -1.75. The molecule has 0 saturated heterocycles. The minimum Gasteiger partial charge on any atom is -0.462 e. The molecule has 0 radical (unpaired) electrons. The Labute approximate surface area is 108 Å². The van der Waals surface area contributed by atoms with Crippen LogP contribution in [0.1, 0.15) is 17.3 Å². The van der Waals surface area contributed by atoms with Gasteiger partial charge in [-0.15, -0.1) is 0 Å². The molecule has 0 fully saturated rings. The highest BCUT2D eigenvalue weighted by molar-refractivity contribution is 5.98. The zero-order chi connectivity index (χ0) is 13.5. The van der Waals surface area contributed by atoms with E-state index in [2.05, 4.69) is 10.2 Å². The summed E-state index contributed by atoms with van der Waals surface area (Å²) in [5.74, 6) is -0.350. The first kappa shape index (κ1) is 14.3. The molecule has 3 N–H and O–H groups in total. The van der Waals surface area contributed by atoms with Gasteiger partial charge in [-0.2, -0.15) is 0 Å². The number of nitrogens with two attached hydrogens (primary N) is 1. The average Bonchev–Trinajstić information content (AvgIpc) is 2.31. The molecule has 0 aromatic heterocycles. The highest BCUT2D eigenvalue weighted by Gasteiger charge is 2.14. The van der Waals surface area contributed by atoms with Gasteiger partial charge in [-0.1, -0.05) is 6.07 Å². The predicted molar refractivity (Wildman–Crippen MR) is 73.9 cm³/mol. The lowest BCUT2D eigenvalue weighted by molar-refractivity contribution is 0.0527. The summed E-state index contributed by atoms with van der Waals surface area (Å²) >= 11 is 0. The van der Waals surface area contributed by atoms with Gasteiger partial charge in [0.15, 0.2) is 0 Å². The van der Waals surface area contributed by atoms with E-state index in [1.165, 1.54) is 0 Å². The van der Waals surface area contributed by atoms with Crippen LogP contribution in [0.2, 0.25) is 0 Å². The molecule has 0 amide bonds. The molecule has 0 atom stereocenters. The Morgan fingerprint density at radius 3 is 2.78 bits per heavy atom. The summed E-state index contributed by atoms with van der Waals surface area (Å²) in [7, 11) is 3.98. The van der Waals surface area contributed by atoms with Crippen molar-refractivity contribution in [3.63, 3.8) is 0 Å². The van der Waals surface area contributed by atoms with Crippen molar-refractivity contribution < 1.29 is 9.53 Å². The topological polar surface area (TPSA) is 67.6 Å². The van der Waals surface area contributed by atoms with Crippen molar-refractivity contribution in [3.05, 3.63) is 23.8 Å². The number of likely N-dealkylation sites (N-methyl/N-ethyl adjacent to an activating group) is 1. The molecule has 5 heteroatoms. The number of nitrogen functional groups attached to an aromatic ring is 1. The maximum absolute atomic E-state index is 11.8. The molecule has 1 aromatic rings. The Morgan fingerprint density at radius 2 is 2.17 bits per heavy atom. The number of esters is 1. The largest absolute Gasteiger partial charge is 0.462 e. The molecule has 1 aromatic carbocycles. The second-order valence-corrected chi connectivity index (χ2v) is 4.22. The molecule has 0 bridgehead atoms. The van der Waals surface area contributed by atoms with Crippen LogP contribution in [0, 0.1) is 0 Å². The number of benzene rings is 1. The SMILES string of the molecule is CCOC(=O)c1cccc(N)c1NCCN(C)C. The van der Waals surface area contributed by atoms with Crippen LogP contribution < -0.4 is 11.1 Å². The normalized spacial score (nSPS) is 10.4. The third kappa shape index (κ3) is 3.92. The first-order chi connectivity index (χ1) is 8.56. The van der Waals surface area contributed by atoms with E-state index in [4.69, 9.17) is 10.5 Å². The summed E-state index contributed by atoms with van der Waals surface area (Å²) in [6, 6.07) is 5.23. The smallest absolute Gasteiger partial charge is 0.340 e. The van der Waals surface area contributed by atoms with Crippen LogP contribution in [-0.4, -0.2) is 44.7 Å². The minimum atomic E-state index is -0.350. The molecule has 18 heavy (non-hydrogen) atoms. The molecule has 0 aliphatic heterocycles. The van der Waals surface area contributed by atoms with E-state index in [0.29, 0.717) is 30.1 Å². The maximum Gasteiger partial charge on any atom is 0.340 e. The molecule has 0 aliphatic rings. The summed E-state index contributed by atoms with van der Waals surface area (Å²) in [6.07, 6.45) is 0. The van der Waals surface area contributed by atoms with Gasteiger partial charge in [0.1, 0.15) is 0 Å². The monoisotopic (exact) mass is 251 g/mol. The fraction of sp³-hybridized carbons (Fsp3) is 0.462. The van der Waals surface area contributed by atoms with E-state index in [-0.39, 0.29) is 5.97 Å². The van der Waals surface area contributed by atoms with Crippen LogP contribution in [-0.2, 0) is 4.74 Å². The quantitative estimate of drug-likeness (QED) is 0.591. The number of rotatable bonds is 6. The lowest BCUT2D eigenvalue weighted by Gasteiger charge is -2.15. The van der Waals surface area contributed by atoms with Gasteiger partial charge < -0.3 is 20.7 Å². The molecule has 0 heterocycles. The molecule has 0 aliphatic carbocycles. The zero-order valence-corrected chi connectivity index (χ0v) is 11.2. The van der Waals surface area contributed by atoms with Crippen LogP contribution in [0.3, 0.4) is 0 Å². The zero-order valence-electron chi connectivity index (χ0n) is 11.2. The predicted octanol–water partition coefficient (Wildman–Crippen LogP) is 1.42. The van der Waals surface area contributed by atoms with Crippen LogP contribution in [0.5, 0.6) is 0 Å². The fourth-order valence-corrected chi connectivity index (χ4v) is 1.55. The molecule has 5 nitrogen and oxygen atoms in total. The van der Waals surface area contributed by atoms with E-state index in [1.807, 2.05) is 14.1 Å². The lowest BCUT2D eigenvalue weighted by atomic mass is 10.1. The lowest BCUT2D eigenvalue weighted by Crippen LogP contribution is -2.22. The molecule has 100 valence electrons. The first-order valence-corrected chi connectivity index (χ1v) is 6.00. The molecule has 0 unspecified atom stereocenters. The van der Waals surface area contributed by atoms with Gasteiger partial charge in [-0.05, 0) is 33.2 Å². The standard InChI is InChI=1S/C13H21N3O2/c1-4-18-13(17)10-6-5-7-11(14)12(10)15-8-9-16(2)3/h5-7,15H,4,8-9,14H2,1-3H3. The van der Waals surface area contributed by atoms with Crippen molar-refractivity contribution in [1.29, 1.82) is 0 Å². The van der Waals surface area contributed by atoms with Crippen LogP contribution in [0.15, 0.2) is 18.2 Å². The number of hydrogen-bond acceptors (Lipinski definition) is 5. The van der Waals surface area contributed by atoms with Gasteiger partial charge >= 0.3 is 5.97 Å². The minimum absolute atomic E-state index is 0.350. The highest BCUT2D eigenvalue weighted by Crippen LogP contribution is 2.24. The number of carbonyl (C=O) groups is 1. The van der Waals surface area contributed by atoms with Crippen molar-refractivity contribution in [2.45, 2.75) is 6.92 Å². The van der Waals surface area contributed by atoms with Gasteiger partial charge in [0.2, 0.25) is 0 Å². The summed E-state index contributed by atoms with van der Waals surface area (Å²) < 4.78 is 5.01. The fourth-order valence-electron chi connectivity index (χ4n) is 1.55. The number of anilines is 2. The maximum atomic E-state index is 11.8. The van der Waals surface area contributed by atoms with Crippen LogP contribution in [0.4, 0.5) is 11.4 Å². The number of nitrogens with zero attached hydrogens (tertiary/aromatic N) is 1. The second kappa shape index (κ2) is 6.86. The Morgan fingerprint density at radius 1 is 1.44 bits per heavy atom. The second-order valence-electron chi connectivity index (χ2n) is 4.22. The highest BCUT2D eigenvalue weighted by atomic mass is 16.5. The van der Waals surface area contributed by atoms with Gasteiger partial charge in [0, 0.05) is 13.1 Å². The van der Waals surface area contributed by atoms with E-state index in [0.717, 1.165) is 6.54 Å². The first-order valence-electron chi connectivity index (χ1n) is 6.00. The summed E-state index contributed by atoms with van der Waals surface area (Å²) in [5.41, 5.74) is 7.58. The van der Waals surface area contributed by atoms with Gasteiger partial charge in [0.05, 0.1) is 23.5 Å². The van der Waals surface area contributed by atoms with Crippen molar-refractivity contribution in [2.75, 3.05) is 44.8 Å². The van der Waals surface area contributed by atoms with Crippen molar-refractivity contribution in [2.24, 2.45) is 0 Å². The summed E-state index contributed by atoms with van der Waals surface area (Å²) in [6.45, 7) is 3.71. The van der Waals surface area contributed by atoms with Crippen LogP contribution in [0.25, 0.3) is 0 Å². The van der Waals surface area contributed by atoms with E-state index in [9.17, 15) is 4.79 Å². The number of para-hydroxylation sites is 1. The number of ether oxygens (including phenoxy) is 1. The van der Waals surface area contributed by atoms with E-state index < -0.39 is 0 Å². The number of carbonyl (C=O) groups excluding carboxylic acids is 1. The average molecular weight is 251 g/mol. The van der Waals surface area contributed by atoms with Gasteiger partial charge in [0.25, 0.3) is 0 Å². The Balaban J connectivity index is 2.83. The number of hydrogen-bond donors (Lipinski definition) is 2. The van der Waals surface area contributed by atoms with Gasteiger partial charge in [-0.25, -0.2) is 4.79 Å². The third-order valence-electron chi connectivity index (χ3n) is 2.45. The van der Waals surface area contributed by atoms with Gasteiger partial charge in [-0.3, -0.25) is 0 Å². The summed E-state index contributed by atoms with van der Waals surface area (Å²) in [4.78, 5) is 13.8. The molecule has 0 spiro atoms. The van der Waals surface area contributed by atoms with Crippen molar-refractivity contribution in [3.8, 4) is 0 Å². The molecular formula is C13H21N3O2. The van der Waals surface area contributed by atoms with Crippen LogP contribution >= 0.6 is 0 Å². The van der Waals surface area contributed by atoms with E-state index >= 15 is 0 Å². The third-order valence-corrected chi connectivity index (χ3v) is 2.45. The molecule has 1 rings (SSSR count). The van der Waals surface area contributed by atoms with Crippen molar-refractivity contribution >= 4 is 17.3 Å². The Kier molecular flexibility index (Phi) is 5.45. The van der Waals surface area contributed by atoms with Crippen molar-refractivity contribution in [1.82, 2.24) is 4.90 Å².